The van der Waals surface area contributed by atoms with Gasteiger partial charge in [0, 0.05) is 11.6 Å². The van der Waals surface area contributed by atoms with Crippen molar-refractivity contribution in [1.29, 1.82) is 0 Å². The molecular weight excluding hydrogens is 528 g/mol. The highest BCUT2D eigenvalue weighted by Gasteiger charge is 2.56. The number of aromatic hydroxyl groups is 1. The lowest BCUT2D eigenvalue weighted by Gasteiger charge is -2.54. The SMILES string of the molecule is CC12CCCC(C(=O)NC(=O)[C@@]3(C)CCCC4(C)c5cc(NC(=O)CO)ccc5CCC43)C1CCc1ccc(O)cc12. The van der Waals surface area contributed by atoms with Crippen LogP contribution in [0.3, 0.4) is 0 Å². The Balaban J connectivity index is 1.24. The van der Waals surface area contributed by atoms with Gasteiger partial charge in [-0.3, -0.25) is 19.7 Å². The average Bonchev–Trinajstić information content (AvgIpc) is 2.96. The van der Waals surface area contributed by atoms with Gasteiger partial charge in [0.15, 0.2) is 0 Å². The van der Waals surface area contributed by atoms with E-state index in [1.807, 2.05) is 31.2 Å². The van der Waals surface area contributed by atoms with Gasteiger partial charge in [0.05, 0.1) is 5.41 Å². The first kappa shape index (κ1) is 28.9. The highest BCUT2D eigenvalue weighted by molar-refractivity contribution is 5.99. The van der Waals surface area contributed by atoms with Crippen LogP contribution in [0.1, 0.15) is 94.4 Å². The minimum atomic E-state index is -0.687. The van der Waals surface area contributed by atoms with E-state index in [1.165, 1.54) is 11.1 Å². The Hall–Kier alpha value is -3.19. The maximum absolute atomic E-state index is 14.2. The largest absolute Gasteiger partial charge is 0.508 e. The van der Waals surface area contributed by atoms with Gasteiger partial charge in [0.1, 0.15) is 12.4 Å². The molecule has 6 atom stereocenters. The molecule has 6 rings (SSSR count). The number of aryl methyl sites for hydroxylation is 2. The van der Waals surface area contributed by atoms with Gasteiger partial charge in [-0.1, -0.05) is 45.7 Å². The summed E-state index contributed by atoms with van der Waals surface area (Å²) in [5.74, 6) is -0.517. The van der Waals surface area contributed by atoms with Crippen molar-refractivity contribution in [3.05, 3.63) is 58.7 Å². The van der Waals surface area contributed by atoms with Gasteiger partial charge in [0.2, 0.25) is 17.7 Å². The molecule has 0 radical (unpaired) electrons. The van der Waals surface area contributed by atoms with E-state index in [2.05, 4.69) is 30.5 Å². The predicted molar refractivity (Wildman–Crippen MR) is 161 cm³/mol. The Morgan fingerprint density at radius 1 is 0.857 bits per heavy atom. The van der Waals surface area contributed by atoms with Gasteiger partial charge in [0.25, 0.3) is 0 Å². The van der Waals surface area contributed by atoms with E-state index in [4.69, 9.17) is 0 Å². The molecule has 7 nitrogen and oxygen atoms in total. The number of hydrogen-bond acceptors (Lipinski definition) is 5. The number of nitrogens with one attached hydrogen (secondary N) is 2. The fourth-order valence-electron chi connectivity index (χ4n) is 9.67. The zero-order chi connectivity index (χ0) is 29.9. The van der Waals surface area contributed by atoms with Crippen LogP contribution < -0.4 is 10.6 Å². The summed E-state index contributed by atoms with van der Waals surface area (Å²) in [6.45, 7) is 5.95. The summed E-state index contributed by atoms with van der Waals surface area (Å²) < 4.78 is 0. The number of phenols is 1. The quantitative estimate of drug-likeness (QED) is 0.371. The van der Waals surface area contributed by atoms with Crippen LogP contribution in [-0.4, -0.2) is 34.5 Å². The lowest BCUT2D eigenvalue weighted by molar-refractivity contribution is -0.146. The van der Waals surface area contributed by atoms with Crippen LogP contribution in [0.5, 0.6) is 5.75 Å². The zero-order valence-corrected chi connectivity index (χ0v) is 25.1. The molecule has 0 spiro atoms. The van der Waals surface area contributed by atoms with Gasteiger partial charge < -0.3 is 15.5 Å². The monoisotopic (exact) mass is 572 g/mol. The molecule has 3 amide bonds. The summed E-state index contributed by atoms with van der Waals surface area (Å²) in [6, 6.07) is 11.6. The lowest BCUT2D eigenvalue weighted by Crippen LogP contribution is -2.57. The highest BCUT2D eigenvalue weighted by atomic mass is 16.3. The smallest absolute Gasteiger partial charge is 0.250 e. The number of carbonyl (C=O) groups excluding carboxylic acids is 3. The molecule has 7 heteroatoms. The normalized spacial score (nSPS) is 33.3. The molecule has 4 aliphatic carbocycles. The number of aliphatic hydroxyl groups excluding tert-OH is 1. The molecule has 0 aromatic heterocycles. The van der Waals surface area contributed by atoms with Gasteiger partial charge in [-0.05, 0) is 121 Å². The molecule has 0 bridgehead atoms. The van der Waals surface area contributed by atoms with Gasteiger partial charge in [-0.2, -0.15) is 0 Å². The van der Waals surface area contributed by atoms with Crippen molar-refractivity contribution in [3.63, 3.8) is 0 Å². The molecule has 4 aliphatic rings. The van der Waals surface area contributed by atoms with E-state index in [0.29, 0.717) is 5.69 Å². The molecule has 5 unspecified atom stereocenters. The second-order valence-corrected chi connectivity index (χ2v) is 14.1. The number of rotatable bonds is 4. The van der Waals surface area contributed by atoms with Gasteiger partial charge >= 0.3 is 0 Å². The Morgan fingerprint density at radius 3 is 2.31 bits per heavy atom. The molecule has 4 N–H and O–H groups in total. The van der Waals surface area contributed by atoms with Crippen LogP contribution in [0.2, 0.25) is 0 Å². The predicted octanol–water partition coefficient (Wildman–Crippen LogP) is 5.30. The van der Waals surface area contributed by atoms with Crippen molar-refractivity contribution in [2.45, 2.75) is 95.8 Å². The van der Waals surface area contributed by atoms with Crippen molar-refractivity contribution in [2.24, 2.45) is 23.2 Å². The van der Waals surface area contributed by atoms with E-state index < -0.39 is 17.9 Å². The molecule has 2 saturated carbocycles. The van der Waals surface area contributed by atoms with E-state index >= 15 is 0 Å². The van der Waals surface area contributed by atoms with E-state index in [9.17, 15) is 24.6 Å². The lowest BCUT2D eigenvalue weighted by atomic mass is 9.49. The third-order valence-electron chi connectivity index (χ3n) is 11.8. The number of hydrogen-bond donors (Lipinski definition) is 4. The minimum absolute atomic E-state index is 0.0593. The summed E-state index contributed by atoms with van der Waals surface area (Å²) in [4.78, 5) is 40.0. The maximum atomic E-state index is 14.2. The second-order valence-electron chi connectivity index (χ2n) is 14.1. The summed E-state index contributed by atoms with van der Waals surface area (Å²) >= 11 is 0. The Labute approximate surface area is 248 Å². The third kappa shape index (κ3) is 4.55. The summed E-state index contributed by atoms with van der Waals surface area (Å²) in [5.41, 5.74) is 4.33. The van der Waals surface area contributed by atoms with Crippen molar-refractivity contribution in [1.82, 2.24) is 5.32 Å². The molecule has 42 heavy (non-hydrogen) atoms. The summed E-state index contributed by atoms with van der Waals surface area (Å²) in [6.07, 6.45) is 8.72. The van der Waals surface area contributed by atoms with E-state index in [-0.39, 0.29) is 46.1 Å². The molecule has 2 aromatic carbocycles. The zero-order valence-electron chi connectivity index (χ0n) is 25.1. The van der Waals surface area contributed by atoms with E-state index in [1.54, 1.807) is 6.07 Å². The fraction of sp³-hybridized carbons (Fsp3) is 0.571. The first-order valence-corrected chi connectivity index (χ1v) is 15.7. The summed E-state index contributed by atoms with van der Waals surface area (Å²) in [7, 11) is 0. The number of fused-ring (bicyclic) bond motifs is 6. The maximum Gasteiger partial charge on any atom is 0.250 e. The first-order valence-electron chi connectivity index (χ1n) is 15.7. The van der Waals surface area contributed by atoms with Crippen LogP contribution in [-0.2, 0) is 38.1 Å². The summed E-state index contributed by atoms with van der Waals surface area (Å²) in [5, 5.41) is 25.2. The van der Waals surface area contributed by atoms with Crippen molar-refractivity contribution < 1.29 is 24.6 Å². The fourth-order valence-corrected chi connectivity index (χ4v) is 9.67. The number of phenolic OH excluding ortho intramolecular Hbond substituents is 1. The van der Waals surface area contributed by atoms with E-state index in [0.717, 1.165) is 75.3 Å². The van der Waals surface area contributed by atoms with Gasteiger partial charge in [-0.15, -0.1) is 0 Å². The third-order valence-corrected chi connectivity index (χ3v) is 11.8. The van der Waals surface area contributed by atoms with Crippen LogP contribution in [0, 0.1) is 23.2 Å². The number of anilines is 1. The topological polar surface area (TPSA) is 116 Å². The van der Waals surface area contributed by atoms with Crippen LogP contribution in [0.15, 0.2) is 36.4 Å². The Kier molecular flexibility index (Phi) is 7.24. The average molecular weight is 573 g/mol. The number of imide groups is 1. The molecule has 224 valence electrons. The van der Waals surface area contributed by atoms with Crippen LogP contribution >= 0.6 is 0 Å². The van der Waals surface area contributed by atoms with Crippen LogP contribution in [0.25, 0.3) is 0 Å². The molecule has 0 heterocycles. The molecule has 0 saturated heterocycles. The molecule has 0 aliphatic heterocycles. The standard InChI is InChI=1S/C35H44N2O5/c1-33-15-4-6-25(26(33)13-9-22-8-12-24(39)19-28(22)33)31(41)37-32(42)35(3)17-5-16-34(2)27-18-23(36-30(40)20-38)11-7-21(27)10-14-29(34)35/h7-8,11-12,18-19,25-26,29,38-39H,4-6,9-10,13-17,20H2,1-3H3,(H,36,40)(H,37,41,42)/t25?,26?,29?,33?,34?,35-/m0/s1. The molecular formula is C35H44N2O5. The number of amides is 3. The second kappa shape index (κ2) is 10.5. The Morgan fingerprint density at radius 2 is 1.55 bits per heavy atom. The highest BCUT2D eigenvalue weighted by Crippen LogP contribution is 2.58. The number of carbonyl (C=O) groups is 3. The van der Waals surface area contributed by atoms with Gasteiger partial charge in [-0.25, -0.2) is 0 Å². The van der Waals surface area contributed by atoms with Crippen LogP contribution in [0.4, 0.5) is 5.69 Å². The number of aliphatic hydroxyl groups is 1. The van der Waals surface area contributed by atoms with Crippen molar-refractivity contribution >= 4 is 23.4 Å². The molecule has 2 fully saturated rings. The first-order chi connectivity index (χ1) is 20.0. The number of benzene rings is 2. The minimum Gasteiger partial charge on any atom is -0.508 e. The Bertz CT molecular complexity index is 1440. The van der Waals surface area contributed by atoms with Crippen molar-refractivity contribution in [3.8, 4) is 5.75 Å². The molecule has 2 aromatic rings. The van der Waals surface area contributed by atoms with Crippen molar-refractivity contribution in [2.75, 3.05) is 11.9 Å².